The van der Waals surface area contributed by atoms with Crippen LogP contribution in [0.3, 0.4) is 0 Å². The Bertz CT molecular complexity index is 1260. The number of aromatic nitrogens is 2. The smallest absolute Gasteiger partial charge is 0.174 e. The van der Waals surface area contributed by atoms with Crippen LogP contribution >= 0.6 is 0 Å². The maximum atomic E-state index is 9.40. The molecule has 0 fully saturated rings. The largest absolute Gasteiger partial charge is 0.508 e. The number of phenolic OH excluding ortho intramolecular Hbond substituents is 1. The van der Waals surface area contributed by atoms with Crippen LogP contribution < -0.4 is 4.74 Å². The zero-order chi connectivity index (χ0) is 23.8. The van der Waals surface area contributed by atoms with Crippen molar-refractivity contribution in [3.05, 3.63) is 107 Å². The van der Waals surface area contributed by atoms with Gasteiger partial charge in [-0.1, -0.05) is 49.4 Å². The Hall–Kier alpha value is -4.03. The van der Waals surface area contributed by atoms with Crippen LogP contribution in [0.25, 0.3) is 17.7 Å². The van der Waals surface area contributed by atoms with Gasteiger partial charge in [0.15, 0.2) is 11.6 Å². The topological polar surface area (TPSA) is 91.5 Å². The number of aliphatic hydroxyl groups excluding tert-OH is 1. The van der Waals surface area contributed by atoms with Crippen molar-refractivity contribution in [1.82, 2.24) is 9.97 Å². The monoisotopic (exact) mass is 456 g/mol. The van der Waals surface area contributed by atoms with E-state index in [9.17, 15) is 5.11 Å². The average Bonchev–Trinajstić information content (AvgIpc) is 3.50. The highest BCUT2D eigenvalue weighted by Gasteiger charge is 2.13. The fraction of sp³-hybridized carbons (Fsp3) is 0.179. The Morgan fingerprint density at radius 1 is 1.09 bits per heavy atom. The van der Waals surface area contributed by atoms with Crippen molar-refractivity contribution in [2.24, 2.45) is 0 Å². The zero-order valence-electron chi connectivity index (χ0n) is 19.1. The SMILES string of the molecule is CCc1cc(O)ccc1OCc1ccccc1.OCC1=Cc2nc(-c3ccco3)[nH]c2CC=C1. The molecule has 3 N–H and O–H groups in total. The number of hydrogen-bond acceptors (Lipinski definition) is 5. The van der Waals surface area contributed by atoms with Crippen LogP contribution in [0.2, 0.25) is 0 Å². The molecule has 6 nitrogen and oxygen atoms in total. The number of aromatic amines is 1. The number of benzene rings is 2. The van der Waals surface area contributed by atoms with Crippen LogP contribution in [-0.2, 0) is 19.4 Å². The quantitative estimate of drug-likeness (QED) is 0.347. The normalized spacial score (nSPS) is 12.2. The van der Waals surface area contributed by atoms with Crippen LogP contribution in [-0.4, -0.2) is 26.8 Å². The summed E-state index contributed by atoms with van der Waals surface area (Å²) < 4.78 is 11.1. The van der Waals surface area contributed by atoms with Crippen molar-refractivity contribution < 1.29 is 19.4 Å². The number of fused-ring (bicyclic) bond motifs is 1. The fourth-order valence-corrected chi connectivity index (χ4v) is 3.60. The van der Waals surface area contributed by atoms with E-state index < -0.39 is 0 Å². The molecule has 34 heavy (non-hydrogen) atoms. The minimum Gasteiger partial charge on any atom is -0.508 e. The highest BCUT2D eigenvalue weighted by molar-refractivity contribution is 5.61. The van der Waals surface area contributed by atoms with Gasteiger partial charge < -0.3 is 24.4 Å². The zero-order valence-corrected chi connectivity index (χ0v) is 19.1. The first-order valence-electron chi connectivity index (χ1n) is 11.3. The maximum absolute atomic E-state index is 9.40. The number of imidazole rings is 1. The molecule has 1 aliphatic rings. The van der Waals surface area contributed by atoms with Crippen LogP contribution in [0.1, 0.15) is 29.4 Å². The summed E-state index contributed by atoms with van der Waals surface area (Å²) in [6.07, 6.45) is 9.07. The van der Waals surface area contributed by atoms with E-state index in [1.807, 2.05) is 73.7 Å². The number of nitrogens with one attached hydrogen (secondary N) is 1. The third-order valence-corrected chi connectivity index (χ3v) is 5.39. The molecule has 0 spiro atoms. The Morgan fingerprint density at radius 2 is 1.94 bits per heavy atom. The molecular formula is C28H28N2O4. The van der Waals surface area contributed by atoms with E-state index >= 15 is 0 Å². The summed E-state index contributed by atoms with van der Waals surface area (Å²) in [6.45, 7) is 2.63. The number of ether oxygens (including phenoxy) is 1. The summed E-state index contributed by atoms with van der Waals surface area (Å²) in [5.41, 5.74) is 4.94. The van der Waals surface area contributed by atoms with Crippen molar-refractivity contribution >= 4 is 6.08 Å². The van der Waals surface area contributed by atoms with E-state index in [1.54, 1.807) is 18.4 Å². The van der Waals surface area contributed by atoms with Gasteiger partial charge in [0.05, 0.1) is 18.6 Å². The maximum Gasteiger partial charge on any atom is 0.174 e. The number of aryl methyl sites for hydroxylation is 1. The van der Waals surface area contributed by atoms with E-state index in [4.69, 9.17) is 14.3 Å². The molecule has 2 aromatic carbocycles. The predicted molar refractivity (Wildman–Crippen MR) is 132 cm³/mol. The van der Waals surface area contributed by atoms with E-state index in [0.29, 0.717) is 6.61 Å². The molecular weight excluding hydrogens is 428 g/mol. The average molecular weight is 457 g/mol. The number of aromatic hydroxyl groups is 1. The van der Waals surface area contributed by atoms with Gasteiger partial charge in [-0.15, -0.1) is 0 Å². The van der Waals surface area contributed by atoms with Crippen LogP contribution in [0.4, 0.5) is 0 Å². The lowest BCUT2D eigenvalue weighted by molar-refractivity contribution is 0.302. The fourth-order valence-electron chi connectivity index (χ4n) is 3.60. The van der Waals surface area contributed by atoms with Crippen molar-refractivity contribution in [2.75, 3.05) is 6.61 Å². The summed E-state index contributed by atoms with van der Waals surface area (Å²) in [5.74, 6) is 2.58. The van der Waals surface area contributed by atoms with E-state index in [2.05, 4.69) is 9.97 Å². The summed E-state index contributed by atoms with van der Waals surface area (Å²) in [4.78, 5) is 7.71. The number of furan rings is 1. The molecule has 0 unspecified atom stereocenters. The molecule has 0 amide bonds. The number of hydrogen-bond donors (Lipinski definition) is 3. The Labute approximate surface area is 198 Å². The molecule has 6 heteroatoms. The summed E-state index contributed by atoms with van der Waals surface area (Å²) in [5, 5.41) is 18.6. The number of nitrogens with zero attached hydrogens (tertiary/aromatic N) is 1. The van der Waals surface area contributed by atoms with Crippen molar-refractivity contribution in [3.63, 3.8) is 0 Å². The van der Waals surface area contributed by atoms with Gasteiger partial charge in [0.1, 0.15) is 18.1 Å². The van der Waals surface area contributed by atoms with E-state index in [-0.39, 0.29) is 12.4 Å². The highest BCUT2D eigenvalue weighted by atomic mass is 16.5. The molecule has 4 aromatic rings. The van der Waals surface area contributed by atoms with Gasteiger partial charge in [-0.05, 0) is 59.5 Å². The van der Waals surface area contributed by atoms with Crippen molar-refractivity contribution in [1.29, 1.82) is 0 Å². The van der Waals surface area contributed by atoms with Gasteiger partial charge in [-0.3, -0.25) is 0 Å². The first-order chi connectivity index (χ1) is 16.7. The lowest BCUT2D eigenvalue weighted by Gasteiger charge is -2.10. The first-order valence-corrected chi connectivity index (χ1v) is 11.3. The van der Waals surface area contributed by atoms with Crippen molar-refractivity contribution in [3.8, 4) is 23.1 Å². The molecule has 1 aliphatic carbocycles. The molecule has 0 aliphatic heterocycles. The van der Waals surface area contributed by atoms with Gasteiger partial charge in [0, 0.05) is 12.1 Å². The Kier molecular flexibility index (Phi) is 7.63. The third-order valence-electron chi connectivity index (χ3n) is 5.39. The molecule has 0 atom stereocenters. The molecule has 0 saturated heterocycles. The lowest BCUT2D eigenvalue weighted by atomic mass is 10.1. The van der Waals surface area contributed by atoms with Crippen LogP contribution in [0.5, 0.6) is 11.5 Å². The second kappa shape index (κ2) is 11.2. The summed E-state index contributed by atoms with van der Waals surface area (Å²) in [7, 11) is 0. The minimum atomic E-state index is 0.0267. The van der Waals surface area contributed by atoms with Crippen LogP contribution in [0, 0.1) is 0 Å². The van der Waals surface area contributed by atoms with Gasteiger partial charge >= 0.3 is 0 Å². The molecule has 5 rings (SSSR count). The van der Waals surface area contributed by atoms with Gasteiger partial charge in [0.25, 0.3) is 0 Å². The Morgan fingerprint density at radius 3 is 2.68 bits per heavy atom. The number of allylic oxidation sites excluding steroid dienone is 1. The van der Waals surface area contributed by atoms with Gasteiger partial charge in [-0.25, -0.2) is 4.98 Å². The molecule has 174 valence electrons. The van der Waals surface area contributed by atoms with Gasteiger partial charge in [0.2, 0.25) is 0 Å². The van der Waals surface area contributed by atoms with Gasteiger partial charge in [-0.2, -0.15) is 0 Å². The van der Waals surface area contributed by atoms with Crippen LogP contribution in [0.15, 0.2) is 89.1 Å². The number of phenols is 1. The summed E-state index contributed by atoms with van der Waals surface area (Å²) in [6, 6.07) is 19.0. The third kappa shape index (κ3) is 5.85. The van der Waals surface area contributed by atoms with E-state index in [1.165, 1.54) is 0 Å². The number of aliphatic hydroxyl groups is 1. The molecule has 0 bridgehead atoms. The first kappa shape index (κ1) is 23.1. The molecule has 2 heterocycles. The minimum absolute atomic E-state index is 0.0267. The summed E-state index contributed by atoms with van der Waals surface area (Å²) >= 11 is 0. The lowest BCUT2D eigenvalue weighted by Crippen LogP contribution is -1.97. The molecule has 2 aromatic heterocycles. The Balaban J connectivity index is 0.000000161. The van der Waals surface area contributed by atoms with Crippen molar-refractivity contribution in [2.45, 2.75) is 26.4 Å². The molecule has 0 saturated carbocycles. The number of rotatable bonds is 6. The number of H-pyrrole nitrogens is 1. The highest BCUT2D eigenvalue weighted by Crippen LogP contribution is 2.25. The standard InChI is InChI=1S/C15H16O2.C13H12N2O2/c1-2-13-10-14(16)8-9-15(13)17-11-12-6-4-3-5-7-12;16-8-9-3-1-4-10-11(7-9)15-13(14-10)12-5-2-6-17-12/h3-10,16H,2,11H2,1H3;1-3,5-7,16H,4,8H2,(H,14,15). The second-order valence-corrected chi connectivity index (χ2v) is 7.83. The second-order valence-electron chi connectivity index (χ2n) is 7.83. The predicted octanol–water partition coefficient (Wildman–Crippen LogP) is 5.69. The molecule has 0 radical (unpaired) electrons. The van der Waals surface area contributed by atoms with E-state index in [0.717, 1.165) is 58.3 Å².